The van der Waals surface area contributed by atoms with E-state index in [0.717, 1.165) is 0 Å². The molecule has 2 heteroatoms. The van der Waals surface area contributed by atoms with Crippen LogP contribution in [0.25, 0.3) is 139 Å². The Balaban J connectivity index is 1.09. The molecule has 14 rings (SSSR count). The molecule has 2 heterocycles. The van der Waals surface area contributed by atoms with E-state index >= 15 is 0 Å². The van der Waals surface area contributed by atoms with Crippen molar-refractivity contribution in [3.63, 3.8) is 0 Å². The van der Waals surface area contributed by atoms with Crippen molar-refractivity contribution >= 4 is 95.3 Å². The van der Waals surface area contributed by atoms with Gasteiger partial charge < -0.3 is 0 Å². The Labute approximate surface area is 366 Å². The van der Waals surface area contributed by atoms with Gasteiger partial charge in [-0.3, -0.25) is 0 Å². The van der Waals surface area contributed by atoms with Gasteiger partial charge in [0.2, 0.25) is 0 Å². The van der Waals surface area contributed by atoms with E-state index in [9.17, 15) is 0 Å². The molecule has 1 aliphatic carbocycles. The standard InChI is InChI=1S/C60H34S2/c1-2-14-42-41(13-1)45-25-21-35(37-23-27-59-55(31-37)47-17-7-9-19-57(47)61-59)29-49(45)53-33-51-43-15-5-3-11-39(43)40-12-4-6-16-44(40)52(51)34-54(53)50-30-36(22-26-46(42)50)38-24-28-60-56(32-38)48-18-8-10-20-58(48)62-60/h1-34H. The van der Waals surface area contributed by atoms with Crippen molar-refractivity contribution in [2.24, 2.45) is 0 Å². The lowest BCUT2D eigenvalue weighted by Gasteiger charge is -2.25. The van der Waals surface area contributed by atoms with Gasteiger partial charge in [-0.15, -0.1) is 22.7 Å². The zero-order chi connectivity index (χ0) is 40.5. The summed E-state index contributed by atoms with van der Waals surface area (Å²) in [5, 5.41) is 13.0. The van der Waals surface area contributed by atoms with Gasteiger partial charge in [-0.05, 0) is 160 Å². The Kier molecular flexibility index (Phi) is 7.24. The minimum Gasteiger partial charge on any atom is -0.135 e. The Hall–Kier alpha value is -7.36. The minimum absolute atomic E-state index is 1.22. The van der Waals surface area contributed by atoms with Crippen molar-refractivity contribution in [3.8, 4) is 66.8 Å². The van der Waals surface area contributed by atoms with E-state index in [0.29, 0.717) is 0 Å². The van der Waals surface area contributed by atoms with Crippen LogP contribution >= 0.6 is 22.7 Å². The van der Waals surface area contributed by atoms with Crippen LogP contribution < -0.4 is 0 Å². The van der Waals surface area contributed by atoms with Crippen LogP contribution in [0.4, 0.5) is 0 Å². The zero-order valence-corrected chi connectivity index (χ0v) is 35.1. The maximum atomic E-state index is 2.52. The first kappa shape index (κ1) is 34.4. The van der Waals surface area contributed by atoms with E-state index < -0.39 is 0 Å². The third-order valence-electron chi connectivity index (χ3n) is 13.4. The van der Waals surface area contributed by atoms with Crippen LogP contribution in [0.5, 0.6) is 0 Å². The molecule has 13 aromatic rings. The molecule has 11 aromatic carbocycles. The Bertz CT molecular complexity index is 3780. The largest absolute Gasteiger partial charge is 0.135 e. The van der Waals surface area contributed by atoms with Crippen LogP contribution in [0.3, 0.4) is 0 Å². The summed E-state index contributed by atoms with van der Waals surface area (Å²) in [5.74, 6) is 0. The van der Waals surface area contributed by atoms with Crippen molar-refractivity contribution in [1.82, 2.24) is 0 Å². The summed E-state index contributed by atoms with van der Waals surface area (Å²) in [4.78, 5) is 0. The number of benzene rings is 11. The van der Waals surface area contributed by atoms with Crippen molar-refractivity contribution < 1.29 is 0 Å². The highest BCUT2D eigenvalue weighted by atomic mass is 32.1. The Morgan fingerprint density at radius 2 is 0.484 bits per heavy atom. The molecular formula is C60H34S2. The third-order valence-corrected chi connectivity index (χ3v) is 15.7. The van der Waals surface area contributed by atoms with E-state index in [1.54, 1.807) is 0 Å². The van der Waals surface area contributed by atoms with E-state index in [-0.39, 0.29) is 0 Å². The van der Waals surface area contributed by atoms with Gasteiger partial charge in [0.15, 0.2) is 0 Å². The molecular weight excluding hydrogens is 785 g/mol. The molecule has 2 aromatic heterocycles. The van der Waals surface area contributed by atoms with Gasteiger partial charge >= 0.3 is 0 Å². The van der Waals surface area contributed by atoms with Crippen LogP contribution in [-0.4, -0.2) is 0 Å². The van der Waals surface area contributed by atoms with Crippen LogP contribution in [0, 0.1) is 0 Å². The van der Waals surface area contributed by atoms with Crippen molar-refractivity contribution in [1.29, 1.82) is 0 Å². The summed E-state index contributed by atoms with van der Waals surface area (Å²) in [5.41, 5.74) is 14.9. The normalized spacial score (nSPS) is 12.2. The first-order valence-corrected chi connectivity index (χ1v) is 22.9. The van der Waals surface area contributed by atoms with Crippen LogP contribution in [0.1, 0.15) is 0 Å². The molecule has 0 bridgehead atoms. The molecule has 0 amide bonds. The third kappa shape index (κ3) is 4.99. The number of hydrogen-bond donors (Lipinski definition) is 0. The quantitative estimate of drug-likeness (QED) is 0.152. The predicted octanol–water partition coefficient (Wildman–Crippen LogP) is 18.2. The summed E-state index contributed by atoms with van der Waals surface area (Å²) in [6.07, 6.45) is 0. The summed E-state index contributed by atoms with van der Waals surface area (Å²) >= 11 is 3.75. The molecule has 0 fully saturated rings. The van der Waals surface area contributed by atoms with Crippen LogP contribution in [0.2, 0.25) is 0 Å². The molecule has 0 unspecified atom stereocenters. The average Bonchev–Trinajstić information content (AvgIpc) is 3.91. The highest BCUT2D eigenvalue weighted by molar-refractivity contribution is 7.26. The summed E-state index contributed by atoms with van der Waals surface area (Å²) < 4.78 is 5.31. The van der Waals surface area contributed by atoms with Crippen molar-refractivity contribution in [2.45, 2.75) is 0 Å². The van der Waals surface area contributed by atoms with E-state index in [4.69, 9.17) is 0 Å². The molecule has 0 N–H and O–H groups in total. The zero-order valence-electron chi connectivity index (χ0n) is 33.4. The van der Waals surface area contributed by atoms with Crippen molar-refractivity contribution in [2.75, 3.05) is 0 Å². The molecule has 62 heavy (non-hydrogen) atoms. The first-order chi connectivity index (χ1) is 30.7. The fourth-order valence-electron chi connectivity index (χ4n) is 10.5. The smallest absolute Gasteiger partial charge is 0.0355 e. The molecule has 0 radical (unpaired) electrons. The number of thiophene rings is 2. The first-order valence-electron chi connectivity index (χ1n) is 21.3. The minimum atomic E-state index is 1.22. The summed E-state index contributed by atoms with van der Waals surface area (Å²) in [6, 6.07) is 78.0. The van der Waals surface area contributed by atoms with E-state index in [1.165, 1.54) is 139 Å². The lowest BCUT2D eigenvalue weighted by Crippen LogP contribution is -1.99. The second-order valence-electron chi connectivity index (χ2n) is 16.7. The second kappa shape index (κ2) is 13.1. The molecule has 0 aliphatic heterocycles. The van der Waals surface area contributed by atoms with Crippen LogP contribution in [0.15, 0.2) is 206 Å². The van der Waals surface area contributed by atoms with Gasteiger partial charge in [-0.1, -0.05) is 146 Å². The number of rotatable bonds is 2. The van der Waals surface area contributed by atoms with Crippen molar-refractivity contribution in [3.05, 3.63) is 206 Å². The van der Waals surface area contributed by atoms with Gasteiger partial charge in [0.25, 0.3) is 0 Å². The fraction of sp³-hybridized carbons (Fsp3) is 0. The van der Waals surface area contributed by atoms with Crippen LogP contribution in [-0.2, 0) is 0 Å². The lowest BCUT2D eigenvalue weighted by molar-refractivity contribution is 1.53. The number of hydrogen-bond acceptors (Lipinski definition) is 2. The molecule has 0 saturated heterocycles. The van der Waals surface area contributed by atoms with E-state index in [1.807, 2.05) is 22.7 Å². The summed E-state index contributed by atoms with van der Waals surface area (Å²) in [7, 11) is 0. The summed E-state index contributed by atoms with van der Waals surface area (Å²) in [6.45, 7) is 0. The van der Waals surface area contributed by atoms with Gasteiger partial charge in [0.05, 0.1) is 0 Å². The molecule has 0 atom stereocenters. The van der Waals surface area contributed by atoms with Gasteiger partial charge in [0, 0.05) is 40.3 Å². The van der Waals surface area contributed by atoms with Gasteiger partial charge in [-0.25, -0.2) is 0 Å². The lowest BCUT2D eigenvalue weighted by atomic mass is 9.78. The predicted molar refractivity (Wildman–Crippen MR) is 271 cm³/mol. The SMILES string of the molecule is c1ccc2c(c1)-c1ccc(-c3ccc4sc5ccccc5c4c3)cc1-c1cc3c4ccccc4c4ccccc4c3cc1-c1cc(-c3ccc4sc5ccccc5c4c3)ccc1-2. The second-order valence-corrected chi connectivity index (χ2v) is 18.9. The maximum absolute atomic E-state index is 2.52. The monoisotopic (exact) mass is 818 g/mol. The number of fused-ring (bicyclic) bond motifs is 20. The van der Waals surface area contributed by atoms with Gasteiger partial charge in [-0.2, -0.15) is 0 Å². The highest BCUT2D eigenvalue weighted by Gasteiger charge is 2.25. The molecule has 1 aliphatic rings. The van der Waals surface area contributed by atoms with Gasteiger partial charge in [0.1, 0.15) is 0 Å². The topological polar surface area (TPSA) is 0 Å². The fourth-order valence-corrected chi connectivity index (χ4v) is 12.7. The Morgan fingerprint density at radius 1 is 0.177 bits per heavy atom. The average molecular weight is 819 g/mol. The van der Waals surface area contributed by atoms with E-state index in [2.05, 4.69) is 206 Å². The molecule has 0 nitrogen and oxygen atoms in total. The maximum Gasteiger partial charge on any atom is 0.0355 e. The molecule has 0 saturated carbocycles. The molecule has 0 spiro atoms. The highest BCUT2D eigenvalue weighted by Crippen LogP contribution is 2.52. The molecule has 286 valence electrons. The Morgan fingerprint density at radius 3 is 0.935 bits per heavy atom.